The summed E-state index contributed by atoms with van der Waals surface area (Å²) in [5.41, 5.74) is 7.45. The van der Waals surface area contributed by atoms with Crippen molar-refractivity contribution in [2.45, 2.75) is 46.6 Å². The average Bonchev–Trinajstić information content (AvgIpc) is 2.24. The zero-order valence-corrected chi connectivity index (χ0v) is 11.4. The van der Waals surface area contributed by atoms with Crippen molar-refractivity contribution in [2.24, 2.45) is 11.1 Å². The van der Waals surface area contributed by atoms with Gasteiger partial charge in [-0.1, -0.05) is 27.7 Å². The minimum absolute atomic E-state index is 0.0210. The van der Waals surface area contributed by atoms with E-state index in [4.69, 9.17) is 10.5 Å². The van der Waals surface area contributed by atoms with Gasteiger partial charge in [-0.15, -0.1) is 0 Å². The Labute approximate surface area is 104 Å². The molecule has 1 rings (SSSR count). The summed E-state index contributed by atoms with van der Waals surface area (Å²) in [5, 5.41) is 0. The number of rotatable bonds is 5. The van der Waals surface area contributed by atoms with Crippen molar-refractivity contribution in [1.82, 2.24) is 4.98 Å². The van der Waals surface area contributed by atoms with Crippen LogP contribution < -0.4 is 10.5 Å². The van der Waals surface area contributed by atoms with Crippen molar-refractivity contribution in [2.75, 3.05) is 6.61 Å². The van der Waals surface area contributed by atoms with Gasteiger partial charge in [0.25, 0.3) is 0 Å². The molecule has 1 unspecified atom stereocenters. The van der Waals surface area contributed by atoms with Crippen LogP contribution in [0.3, 0.4) is 0 Å². The first-order chi connectivity index (χ1) is 7.92. The Bertz CT molecular complexity index is 344. The van der Waals surface area contributed by atoms with Crippen molar-refractivity contribution < 1.29 is 4.74 Å². The Morgan fingerprint density at radius 3 is 2.65 bits per heavy atom. The van der Waals surface area contributed by atoms with E-state index < -0.39 is 0 Å². The normalized spacial score (nSPS) is 13.5. The van der Waals surface area contributed by atoms with Crippen LogP contribution in [-0.2, 0) is 0 Å². The number of pyridine rings is 1. The standard InChI is InChI=1S/C14H24N2O/c1-5-6-17-12-7-11(9-16-10-12)13(15)8-14(2,3)4/h7,9-10,13H,5-6,8,15H2,1-4H3. The molecule has 3 nitrogen and oxygen atoms in total. The highest BCUT2D eigenvalue weighted by atomic mass is 16.5. The third kappa shape index (κ3) is 5.18. The predicted molar refractivity (Wildman–Crippen MR) is 71.0 cm³/mol. The lowest BCUT2D eigenvalue weighted by Crippen LogP contribution is -2.19. The second-order valence-electron chi connectivity index (χ2n) is 5.67. The molecule has 0 aliphatic carbocycles. The third-order valence-corrected chi connectivity index (χ3v) is 2.47. The van der Waals surface area contributed by atoms with E-state index in [-0.39, 0.29) is 11.5 Å². The van der Waals surface area contributed by atoms with Crippen LogP contribution in [0.2, 0.25) is 0 Å². The highest BCUT2D eigenvalue weighted by Gasteiger charge is 2.17. The van der Waals surface area contributed by atoms with E-state index in [0.717, 1.165) is 30.8 Å². The monoisotopic (exact) mass is 236 g/mol. The molecular weight excluding hydrogens is 212 g/mol. The van der Waals surface area contributed by atoms with E-state index in [9.17, 15) is 0 Å². The summed E-state index contributed by atoms with van der Waals surface area (Å²) < 4.78 is 5.56. The Hall–Kier alpha value is -1.09. The number of aromatic nitrogens is 1. The molecule has 17 heavy (non-hydrogen) atoms. The minimum atomic E-state index is 0.0210. The second kappa shape index (κ2) is 6.01. The molecule has 1 aromatic rings. The van der Waals surface area contributed by atoms with Crippen LogP contribution in [0.1, 0.15) is 52.1 Å². The molecule has 0 saturated heterocycles. The summed E-state index contributed by atoms with van der Waals surface area (Å²) >= 11 is 0. The Morgan fingerprint density at radius 1 is 1.35 bits per heavy atom. The molecule has 2 N–H and O–H groups in total. The van der Waals surface area contributed by atoms with Gasteiger partial charge < -0.3 is 10.5 Å². The molecule has 3 heteroatoms. The molecule has 0 aliphatic heterocycles. The first-order valence-electron chi connectivity index (χ1n) is 6.25. The molecule has 0 fully saturated rings. The fraction of sp³-hybridized carbons (Fsp3) is 0.643. The van der Waals surface area contributed by atoms with Gasteiger partial charge in [0.2, 0.25) is 0 Å². The largest absolute Gasteiger partial charge is 0.492 e. The zero-order valence-electron chi connectivity index (χ0n) is 11.4. The molecule has 0 aromatic carbocycles. The van der Waals surface area contributed by atoms with Gasteiger partial charge in [-0.3, -0.25) is 4.98 Å². The maximum absolute atomic E-state index is 6.18. The molecule has 1 heterocycles. The summed E-state index contributed by atoms with van der Waals surface area (Å²) in [6.07, 6.45) is 5.50. The number of nitrogens with two attached hydrogens (primary N) is 1. The number of nitrogens with zero attached hydrogens (tertiary/aromatic N) is 1. The maximum atomic E-state index is 6.18. The Morgan fingerprint density at radius 2 is 2.06 bits per heavy atom. The molecule has 0 bridgehead atoms. The van der Waals surface area contributed by atoms with Gasteiger partial charge in [-0.2, -0.15) is 0 Å². The smallest absolute Gasteiger partial charge is 0.137 e. The van der Waals surface area contributed by atoms with E-state index >= 15 is 0 Å². The summed E-state index contributed by atoms with van der Waals surface area (Å²) in [7, 11) is 0. The van der Waals surface area contributed by atoms with Crippen molar-refractivity contribution in [3.05, 3.63) is 24.0 Å². The number of hydrogen-bond donors (Lipinski definition) is 1. The molecule has 1 atom stereocenters. The van der Waals surface area contributed by atoms with Gasteiger partial charge in [0, 0.05) is 12.2 Å². The van der Waals surface area contributed by atoms with Crippen molar-refractivity contribution >= 4 is 0 Å². The molecule has 0 aliphatic rings. The highest BCUT2D eigenvalue weighted by Crippen LogP contribution is 2.28. The van der Waals surface area contributed by atoms with Gasteiger partial charge in [-0.05, 0) is 29.9 Å². The van der Waals surface area contributed by atoms with Gasteiger partial charge >= 0.3 is 0 Å². The van der Waals surface area contributed by atoms with Crippen molar-refractivity contribution in [1.29, 1.82) is 0 Å². The number of ether oxygens (including phenoxy) is 1. The molecule has 1 aromatic heterocycles. The molecule has 0 saturated carbocycles. The Kier molecular flexibility index (Phi) is 4.94. The maximum Gasteiger partial charge on any atom is 0.137 e. The van der Waals surface area contributed by atoms with E-state index in [1.807, 2.05) is 12.3 Å². The Balaban J connectivity index is 2.70. The summed E-state index contributed by atoms with van der Waals surface area (Å²) in [4.78, 5) is 4.18. The van der Waals surface area contributed by atoms with Crippen LogP contribution in [-0.4, -0.2) is 11.6 Å². The molecular formula is C14H24N2O. The molecule has 0 radical (unpaired) electrons. The lowest BCUT2D eigenvalue weighted by molar-refractivity contribution is 0.313. The van der Waals surface area contributed by atoms with E-state index in [1.165, 1.54) is 0 Å². The summed E-state index contributed by atoms with van der Waals surface area (Å²) in [6.45, 7) is 9.38. The van der Waals surface area contributed by atoms with Crippen LogP contribution in [0.4, 0.5) is 0 Å². The van der Waals surface area contributed by atoms with E-state index in [0.29, 0.717) is 0 Å². The molecule has 96 valence electrons. The van der Waals surface area contributed by atoms with Crippen LogP contribution in [0.15, 0.2) is 18.5 Å². The molecule has 0 spiro atoms. The van der Waals surface area contributed by atoms with Crippen LogP contribution >= 0.6 is 0 Å². The van der Waals surface area contributed by atoms with Gasteiger partial charge in [-0.25, -0.2) is 0 Å². The average molecular weight is 236 g/mol. The van der Waals surface area contributed by atoms with Crippen molar-refractivity contribution in [3.8, 4) is 5.75 Å². The number of hydrogen-bond acceptors (Lipinski definition) is 3. The van der Waals surface area contributed by atoms with Crippen LogP contribution in [0.5, 0.6) is 5.75 Å². The van der Waals surface area contributed by atoms with E-state index in [2.05, 4.69) is 32.7 Å². The highest BCUT2D eigenvalue weighted by molar-refractivity contribution is 5.25. The van der Waals surface area contributed by atoms with Gasteiger partial charge in [0.1, 0.15) is 5.75 Å². The lowest BCUT2D eigenvalue weighted by atomic mass is 9.86. The summed E-state index contributed by atoms with van der Waals surface area (Å²) in [5.74, 6) is 0.814. The fourth-order valence-corrected chi connectivity index (χ4v) is 1.71. The fourth-order valence-electron chi connectivity index (χ4n) is 1.71. The third-order valence-electron chi connectivity index (χ3n) is 2.47. The topological polar surface area (TPSA) is 48.1 Å². The zero-order chi connectivity index (χ0) is 12.9. The first kappa shape index (κ1) is 14.0. The minimum Gasteiger partial charge on any atom is -0.492 e. The van der Waals surface area contributed by atoms with Crippen LogP contribution in [0.25, 0.3) is 0 Å². The first-order valence-corrected chi connectivity index (χ1v) is 6.25. The molecule has 0 amide bonds. The SMILES string of the molecule is CCCOc1cncc(C(N)CC(C)(C)C)c1. The lowest BCUT2D eigenvalue weighted by Gasteiger charge is -2.23. The van der Waals surface area contributed by atoms with Crippen molar-refractivity contribution in [3.63, 3.8) is 0 Å². The van der Waals surface area contributed by atoms with Gasteiger partial charge in [0.05, 0.1) is 12.8 Å². The quantitative estimate of drug-likeness (QED) is 0.853. The predicted octanol–water partition coefficient (Wildman–Crippen LogP) is 3.31. The second-order valence-corrected chi connectivity index (χ2v) is 5.67. The summed E-state index contributed by atoms with van der Waals surface area (Å²) in [6, 6.07) is 2.02. The van der Waals surface area contributed by atoms with E-state index in [1.54, 1.807) is 6.20 Å². The van der Waals surface area contributed by atoms with Crippen LogP contribution in [0, 0.1) is 5.41 Å². The van der Waals surface area contributed by atoms with Gasteiger partial charge in [0.15, 0.2) is 0 Å².